The molecule has 0 aliphatic carbocycles. The van der Waals surface area contributed by atoms with Crippen LogP contribution in [-0.4, -0.2) is 64.1 Å². The van der Waals surface area contributed by atoms with Crippen LogP contribution in [0.25, 0.3) is 110 Å². The first-order valence-electron chi connectivity index (χ1n) is 21.0. The number of hydrogen-bond acceptors (Lipinski definition) is 1. The fraction of sp³-hybridized carbons (Fsp3) is 0. The molecule has 0 fully saturated rings. The van der Waals surface area contributed by atoms with Gasteiger partial charge >= 0.3 is 0 Å². The molecule has 9 aromatic carbocycles. The van der Waals surface area contributed by atoms with Crippen LogP contribution >= 0.6 is 0 Å². The number of rotatable bonds is 5. The van der Waals surface area contributed by atoms with Crippen molar-refractivity contribution in [1.29, 1.82) is 0 Å². The van der Waals surface area contributed by atoms with Crippen molar-refractivity contribution in [3.63, 3.8) is 0 Å². The van der Waals surface area contributed by atoms with Gasteiger partial charge in [0, 0.05) is 49.3 Å². The molecule has 3 heterocycles. The second kappa shape index (κ2) is 14.4. The summed E-state index contributed by atoms with van der Waals surface area (Å²) in [5.41, 5.74) is 14.1. The van der Waals surface area contributed by atoms with Crippen LogP contribution < -0.4 is 38.2 Å². The summed E-state index contributed by atoms with van der Waals surface area (Å²) in [6, 6.07) is 56.2. The Kier molecular flexibility index (Phi) is 8.69. The van der Waals surface area contributed by atoms with Crippen molar-refractivity contribution in [3.8, 4) is 44.8 Å². The van der Waals surface area contributed by atoms with Crippen molar-refractivity contribution in [2.24, 2.45) is 0 Å². The minimum atomic E-state index is 0.164. The van der Waals surface area contributed by atoms with Gasteiger partial charge in [0.05, 0.1) is 11.0 Å². The number of nitrogens with zero attached hydrogens (tertiary/aromatic N) is 2. The maximum absolute atomic E-state index is 7.41. The first-order chi connectivity index (χ1) is 31.2. The molecule has 0 amide bonds. The number of para-hydroxylation sites is 1. The Bertz CT molecular complexity index is 3910. The molecule has 0 N–H and O–H groups in total. The first-order valence-corrected chi connectivity index (χ1v) is 21.0. The first kappa shape index (κ1) is 38.5. The van der Waals surface area contributed by atoms with E-state index >= 15 is 0 Å². The Morgan fingerprint density at radius 1 is 0.312 bits per heavy atom. The van der Waals surface area contributed by atoms with Crippen molar-refractivity contribution in [3.05, 3.63) is 164 Å². The van der Waals surface area contributed by atoms with Crippen LogP contribution in [0.2, 0.25) is 0 Å². The molecule has 12 aromatic rings. The van der Waals surface area contributed by atoms with E-state index in [1.165, 1.54) is 0 Å². The molecule has 0 spiro atoms. The number of furan rings is 1. The highest BCUT2D eigenvalue weighted by Gasteiger charge is 2.25. The molecule has 12 rings (SSSR count). The Hall–Kier alpha value is -7.17. The van der Waals surface area contributed by atoms with Gasteiger partial charge < -0.3 is 13.6 Å². The third-order valence-electron chi connectivity index (χ3n) is 12.9. The lowest BCUT2D eigenvalue weighted by Gasteiger charge is -2.19. The van der Waals surface area contributed by atoms with Gasteiger partial charge in [-0.3, -0.25) is 0 Å². The maximum Gasteiger partial charge on any atom is 0.135 e. The summed E-state index contributed by atoms with van der Waals surface area (Å²) in [4.78, 5) is 0. The molecule has 64 heavy (non-hydrogen) atoms. The third kappa shape index (κ3) is 5.58. The van der Waals surface area contributed by atoms with Gasteiger partial charge in [0.15, 0.2) is 0 Å². The standard InChI is InChI=1S/C54H27B7N2O/c55-46-43(47(56)51(60)53-44(46)45-48(57)49(58)50(59)52(61)54(45)63(53)34-21-24-42-38(27-34)35-13-7-8-14-41(35)64-42)32-18-23-40-37(26-32)36-25-31(29-11-5-2-6-12-29)17-22-39(36)62(40)33-19-15-30(16-20-33)28-9-3-1-4-10-28/h1-27H. The number of hydrogen-bond donors (Lipinski definition) is 0. The molecule has 280 valence electrons. The monoisotopic (exact) mass is 796 g/mol. The summed E-state index contributed by atoms with van der Waals surface area (Å²) in [6.45, 7) is 0. The second-order valence-electron chi connectivity index (χ2n) is 16.4. The van der Waals surface area contributed by atoms with Gasteiger partial charge in [-0.15, -0.1) is 10.9 Å². The van der Waals surface area contributed by atoms with Crippen LogP contribution in [-0.2, 0) is 0 Å². The molecule has 0 saturated heterocycles. The summed E-state index contributed by atoms with van der Waals surface area (Å²) in [6.07, 6.45) is 0. The third-order valence-corrected chi connectivity index (χ3v) is 12.9. The smallest absolute Gasteiger partial charge is 0.135 e. The highest BCUT2D eigenvalue weighted by Crippen LogP contribution is 2.39. The van der Waals surface area contributed by atoms with Crippen LogP contribution in [0.3, 0.4) is 0 Å². The van der Waals surface area contributed by atoms with Crippen molar-refractivity contribution < 1.29 is 4.42 Å². The van der Waals surface area contributed by atoms with E-state index in [1.807, 2.05) is 65.2 Å². The summed E-state index contributed by atoms with van der Waals surface area (Å²) in [5.74, 6) is 0. The Labute approximate surface area is 379 Å². The Balaban J connectivity index is 1.12. The fourth-order valence-electron chi connectivity index (χ4n) is 9.81. The van der Waals surface area contributed by atoms with Crippen LogP contribution in [0.1, 0.15) is 0 Å². The zero-order valence-electron chi connectivity index (χ0n) is 34.4. The molecule has 0 aliphatic rings. The second-order valence-corrected chi connectivity index (χ2v) is 16.4. The average molecular weight is 796 g/mol. The number of aromatic nitrogens is 2. The molecule has 3 aromatic heterocycles. The molecule has 0 aliphatic heterocycles. The highest BCUT2D eigenvalue weighted by molar-refractivity contribution is 6.69. The lowest BCUT2D eigenvalue weighted by molar-refractivity contribution is 0.669. The minimum absolute atomic E-state index is 0.164. The highest BCUT2D eigenvalue weighted by atomic mass is 16.3. The topological polar surface area (TPSA) is 23.0 Å². The maximum atomic E-state index is 7.41. The van der Waals surface area contributed by atoms with Crippen molar-refractivity contribution >= 4 is 159 Å². The van der Waals surface area contributed by atoms with Crippen molar-refractivity contribution in [2.45, 2.75) is 0 Å². The minimum Gasteiger partial charge on any atom is -0.456 e. The summed E-state index contributed by atoms with van der Waals surface area (Å²) < 4.78 is 10.4. The quantitative estimate of drug-likeness (QED) is 0.187. The average Bonchev–Trinajstić information content (AvgIpc) is 4.00. The van der Waals surface area contributed by atoms with Crippen molar-refractivity contribution in [1.82, 2.24) is 9.13 Å². The Morgan fingerprint density at radius 2 is 0.812 bits per heavy atom. The van der Waals surface area contributed by atoms with Crippen LogP contribution in [0, 0.1) is 0 Å². The predicted molar refractivity (Wildman–Crippen MR) is 276 cm³/mol. The van der Waals surface area contributed by atoms with E-state index in [9.17, 15) is 0 Å². The van der Waals surface area contributed by atoms with E-state index in [2.05, 4.69) is 108 Å². The number of fused-ring (bicyclic) bond motifs is 9. The zero-order valence-corrected chi connectivity index (χ0v) is 34.4. The van der Waals surface area contributed by atoms with Gasteiger partial charge in [0.25, 0.3) is 0 Å². The van der Waals surface area contributed by atoms with Gasteiger partial charge in [-0.05, 0) is 99.4 Å². The van der Waals surface area contributed by atoms with E-state index in [1.54, 1.807) is 0 Å². The molecule has 10 heteroatoms. The molecule has 0 atom stereocenters. The van der Waals surface area contributed by atoms with Gasteiger partial charge in [-0.25, -0.2) is 0 Å². The molecular formula is C54H27B7N2O. The molecule has 0 bridgehead atoms. The van der Waals surface area contributed by atoms with Gasteiger partial charge in [-0.1, -0.05) is 130 Å². The molecule has 0 saturated carbocycles. The Morgan fingerprint density at radius 3 is 1.50 bits per heavy atom. The van der Waals surface area contributed by atoms with Gasteiger partial charge in [0.1, 0.15) is 66.1 Å². The van der Waals surface area contributed by atoms with E-state index in [0.717, 1.165) is 82.9 Å². The zero-order chi connectivity index (χ0) is 43.5. The van der Waals surface area contributed by atoms with E-state index in [-0.39, 0.29) is 21.9 Å². The normalized spacial score (nSPS) is 11.9. The van der Waals surface area contributed by atoms with Gasteiger partial charge in [-0.2, -0.15) is 0 Å². The molecular weight excluding hydrogens is 768 g/mol. The lowest BCUT2D eigenvalue weighted by atomic mass is 9.64. The molecule has 3 nitrogen and oxygen atoms in total. The SMILES string of the molecule is [B]c1c([B])c([B])c2c(c1[B])c1c([B])c(-c3ccc4c(c3)c3cc(-c5ccccc5)ccc3n4-c3ccc(-c4ccccc4)cc3)c([B])c([B])c1n2-c1ccc2oc3ccccc3c2c1. The van der Waals surface area contributed by atoms with E-state index in [4.69, 9.17) is 59.3 Å². The van der Waals surface area contributed by atoms with Crippen LogP contribution in [0.5, 0.6) is 0 Å². The number of benzene rings is 9. The van der Waals surface area contributed by atoms with E-state index < -0.39 is 0 Å². The summed E-state index contributed by atoms with van der Waals surface area (Å²) in [5, 5.41) is 5.05. The molecule has 14 radical (unpaired) electrons. The molecule has 0 unspecified atom stereocenters. The fourth-order valence-corrected chi connectivity index (χ4v) is 9.81. The summed E-state index contributed by atoms with van der Waals surface area (Å²) in [7, 11) is 48.8. The van der Waals surface area contributed by atoms with Crippen molar-refractivity contribution in [2.75, 3.05) is 0 Å². The lowest BCUT2D eigenvalue weighted by Crippen LogP contribution is -2.48. The van der Waals surface area contributed by atoms with Crippen LogP contribution in [0.4, 0.5) is 0 Å². The largest absolute Gasteiger partial charge is 0.456 e. The van der Waals surface area contributed by atoms with Gasteiger partial charge in [0.2, 0.25) is 0 Å². The van der Waals surface area contributed by atoms with Crippen LogP contribution in [0.15, 0.2) is 168 Å². The predicted octanol–water partition coefficient (Wildman–Crippen LogP) is 6.34. The summed E-state index contributed by atoms with van der Waals surface area (Å²) >= 11 is 0. The van der Waals surface area contributed by atoms with E-state index in [0.29, 0.717) is 43.8 Å².